The Labute approximate surface area is 103 Å². The topological polar surface area (TPSA) is 97.7 Å². The van der Waals surface area contributed by atoms with Gasteiger partial charge in [0.15, 0.2) is 0 Å². The first-order chi connectivity index (χ1) is 8.79. The van der Waals surface area contributed by atoms with Gasteiger partial charge in [0.05, 0.1) is 24.9 Å². The number of carbonyl (C=O) groups excluding carboxylic acids is 1. The lowest BCUT2D eigenvalue weighted by Crippen LogP contribution is -2.12. The van der Waals surface area contributed by atoms with Crippen LogP contribution in [0.4, 0.5) is 5.95 Å². The number of aromatic nitrogens is 5. The Morgan fingerprint density at radius 1 is 1.61 bits per heavy atom. The van der Waals surface area contributed by atoms with Crippen molar-refractivity contribution in [1.82, 2.24) is 25.0 Å². The third-order valence-electron chi connectivity index (χ3n) is 2.21. The highest BCUT2D eigenvalue weighted by molar-refractivity contribution is 6.02. The first kappa shape index (κ1) is 12.2. The van der Waals surface area contributed by atoms with E-state index in [1.165, 1.54) is 12.5 Å². The molecule has 18 heavy (non-hydrogen) atoms. The number of aromatic amines is 1. The molecule has 0 bridgehead atoms. The van der Waals surface area contributed by atoms with Gasteiger partial charge in [-0.1, -0.05) is 0 Å². The standard InChI is InChI=1S/C10H14N6O2/c1-2-18-4-3-16-6-8(5-13-16)9(17)14-10-11-7-12-15-10/h5-7H,2-4H2,1H3,(H2,11,12,14,15,17). The van der Waals surface area contributed by atoms with Crippen molar-refractivity contribution in [3.63, 3.8) is 0 Å². The number of anilines is 1. The monoisotopic (exact) mass is 250 g/mol. The van der Waals surface area contributed by atoms with Crippen LogP contribution in [-0.4, -0.2) is 44.1 Å². The van der Waals surface area contributed by atoms with Crippen molar-refractivity contribution in [2.75, 3.05) is 18.5 Å². The summed E-state index contributed by atoms with van der Waals surface area (Å²) in [5.41, 5.74) is 0.461. The molecular weight excluding hydrogens is 236 g/mol. The largest absolute Gasteiger partial charge is 0.380 e. The summed E-state index contributed by atoms with van der Waals surface area (Å²) in [4.78, 5) is 15.6. The minimum absolute atomic E-state index is 0.283. The molecule has 0 aliphatic carbocycles. The quantitative estimate of drug-likeness (QED) is 0.718. The second kappa shape index (κ2) is 5.92. The molecule has 0 saturated heterocycles. The molecule has 2 rings (SSSR count). The first-order valence-electron chi connectivity index (χ1n) is 5.56. The maximum atomic E-state index is 11.8. The zero-order chi connectivity index (χ0) is 12.8. The van der Waals surface area contributed by atoms with Gasteiger partial charge in [-0.25, -0.2) is 5.10 Å². The van der Waals surface area contributed by atoms with Gasteiger partial charge in [0.2, 0.25) is 5.95 Å². The van der Waals surface area contributed by atoms with E-state index in [0.717, 1.165) is 0 Å². The fourth-order valence-corrected chi connectivity index (χ4v) is 1.35. The summed E-state index contributed by atoms with van der Waals surface area (Å²) in [7, 11) is 0. The van der Waals surface area contributed by atoms with Crippen LogP contribution < -0.4 is 5.32 Å². The lowest BCUT2D eigenvalue weighted by Gasteiger charge is -2.00. The molecule has 2 N–H and O–H groups in total. The number of rotatable bonds is 6. The van der Waals surface area contributed by atoms with Crippen LogP contribution >= 0.6 is 0 Å². The van der Waals surface area contributed by atoms with Crippen LogP contribution in [0.25, 0.3) is 0 Å². The molecule has 0 aliphatic heterocycles. The fourth-order valence-electron chi connectivity index (χ4n) is 1.35. The maximum absolute atomic E-state index is 11.8. The molecule has 0 radical (unpaired) electrons. The SMILES string of the molecule is CCOCCn1cc(C(=O)Nc2ncn[nH]2)cn1. The Morgan fingerprint density at radius 3 is 3.22 bits per heavy atom. The summed E-state index contributed by atoms with van der Waals surface area (Å²) in [6.45, 7) is 3.78. The summed E-state index contributed by atoms with van der Waals surface area (Å²) in [6, 6.07) is 0. The van der Waals surface area contributed by atoms with Gasteiger partial charge in [0.1, 0.15) is 6.33 Å². The van der Waals surface area contributed by atoms with E-state index in [4.69, 9.17) is 4.74 Å². The molecule has 0 aliphatic rings. The molecule has 0 unspecified atom stereocenters. The highest BCUT2D eigenvalue weighted by atomic mass is 16.5. The summed E-state index contributed by atoms with van der Waals surface area (Å²) in [6.07, 6.45) is 4.48. The Kier molecular flexibility index (Phi) is 4.02. The number of hydrogen-bond acceptors (Lipinski definition) is 5. The second-order valence-electron chi connectivity index (χ2n) is 3.48. The average molecular weight is 250 g/mol. The lowest BCUT2D eigenvalue weighted by atomic mass is 10.3. The van der Waals surface area contributed by atoms with Crippen molar-refractivity contribution >= 4 is 11.9 Å². The lowest BCUT2D eigenvalue weighted by molar-refractivity contribution is 0.102. The summed E-state index contributed by atoms with van der Waals surface area (Å²) >= 11 is 0. The van der Waals surface area contributed by atoms with Crippen LogP contribution in [-0.2, 0) is 11.3 Å². The smallest absolute Gasteiger partial charge is 0.261 e. The van der Waals surface area contributed by atoms with E-state index in [0.29, 0.717) is 31.3 Å². The Balaban J connectivity index is 1.90. The molecule has 96 valence electrons. The maximum Gasteiger partial charge on any atom is 0.261 e. The van der Waals surface area contributed by atoms with Gasteiger partial charge in [-0.3, -0.25) is 14.8 Å². The molecule has 1 amide bonds. The van der Waals surface area contributed by atoms with Crippen LogP contribution in [0.1, 0.15) is 17.3 Å². The molecule has 0 spiro atoms. The number of hydrogen-bond donors (Lipinski definition) is 2. The third-order valence-corrected chi connectivity index (χ3v) is 2.21. The van der Waals surface area contributed by atoms with Gasteiger partial charge in [-0.15, -0.1) is 0 Å². The summed E-state index contributed by atoms with van der Waals surface area (Å²) in [5.74, 6) is 0.0245. The molecule has 8 nitrogen and oxygen atoms in total. The van der Waals surface area contributed by atoms with Crippen LogP contribution in [0.3, 0.4) is 0 Å². The van der Waals surface area contributed by atoms with E-state index in [1.54, 1.807) is 10.9 Å². The molecule has 0 aromatic carbocycles. The van der Waals surface area contributed by atoms with E-state index in [2.05, 4.69) is 25.6 Å². The van der Waals surface area contributed by atoms with Crippen LogP contribution in [0.5, 0.6) is 0 Å². The first-order valence-corrected chi connectivity index (χ1v) is 5.56. The molecule has 2 heterocycles. The number of amides is 1. The second-order valence-corrected chi connectivity index (χ2v) is 3.48. The van der Waals surface area contributed by atoms with Crippen LogP contribution in [0.2, 0.25) is 0 Å². The van der Waals surface area contributed by atoms with Gasteiger partial charge >= 0.3 is 0 Å². The third kappa shape index (κ3) is 3.14. The van der Waals surface area contributed by atoms with E-state index < -0.39 is 0 Å². The predicted octanol–water partition coefficient (Wildman–Crippen LogP) is 0.290. The number of nitrogens with zero attached hydrogens (tertiary/aromatic N) is 4. The van der Waals surface area contributed by atoms with Crippen molar-refractivity contribution < 1.29 is 9.53 Å². The van der Waals surface area contributed by atoms with E-state index in [-0.39, 0.29) is 5.91 Å². The van der Waals surface area contributed by atoms with Crippen molar-refractivity contribution in [2.45, 2.75) is 13.5 Å². The van der Waals surface area contributed by atoms with Gasteiger partial charge in [0.25, 0.3) is 5.91 Å². The summed E-state index contributed by atoms with van der Waals surface area (Å²) in [5, 5.41) is 12.8. The molecular formula is C10H14N6O2. The minimum atomic E-state index is -0.283. The molecule has 0 saturated carbocycles. The Hall–Kier alpha value is -2.22. The zero-order valence-corrected chi connectivity index (χ0v) is 9.96. The number of nitrogens with one attached hydrogen (secondary N) is 2. The van der Waals surface area contributed by atoms with Crippen LogP contribution in [0, 0.1) is 0 Å². The van der Waals surface area contributed by atoms with Gasteiger partial charge < -0.3 is 4.74 Å². The molecule has 2 aromatic heterocycles. The van der Waals surface area contributed by atoms with Gasteiger partial charge in [-0.05, 0) is 6.92 Å². The Bertz CT molecular complexity index is 492. The van der Waals surface area contributed by atoms with E-state index >= 15 is 0 Å². The number of ether oxygens (including phenoxy) is 1. The van der Waals surface area contributed by atoms with E-state index in [1.807, 2.05) is 6.92 Å². The molecule has 8 heteroatoms. The minimum Gasteiger partial charge on any atom is -0.380 e. The van der Waals surface area contributed by atoms with Crippen molar-refractivity contribution in [2.24, 2.45) is 0 Å². The highest BCUT2D eigenvalue weighted by Gasteiger charge is 2.10. The molecule has 2 aromatic rings. The zero-order valence-electron chi connectivity index (χ0n) is 9.96. The predicted molar refractivity (Wildman–Crippen MR) is 63.1 cm³/mol. The van der Waals surface area contributed by atoms with Gasteiger partial charge in [0, 0.05) is 12.8 Å². The fraction of sp³-hybridized carbons (Fsp3) is 0.400. The number of H-pyrrole nitrogens is 1. The van der Waals surface area contributed by atoms with Gasteiger partial charge in [-0.2, -0.15) is 15.2 Å². The number of carbonyl (C=O) groups is 1. The van der Waals surface area contributed by atoms with Crippen LogP contribution in [0.15, 0.2) is 18.7 Å². The highest BCUT2D eigenvalue weighted by Crippen LogP contribution is 2.02. The van der Waals surface area contributed by atoms with E-state index in [9.17, 15) is 4.79 Å². The normalized spacial score (nSPS) is 10.5. The molecule has 0 atom stereocenters. The summed E-state index contributed by atoms with van der Waals surface area (Å²) < 4.78 is 6.87. The molecule has 0 fully saturated rings. The van der Waals surface area contributed by atoms with Crippen molar-refractivity contribution in [1.29, 1.82) is 0 Å². The Morgan fingerprint density at radius 2 is 2.50 bits per heavy atom. The average Bonchev–Trinajstić information content (AvgIpc) is 3.00. The van der Waals surface area contributed by atoms with Crippen molar-refractivity contribution in [3.8, 4) is 0 Å². The van der Waals surface area contributed by atoms with Crippen molar-refractivity contribution in [3.05, 3.63) is 24.3 Å².